The number of rotatable bonds is 6. The van der Waals surface area contributed by atoms with Crippen LogP contribution < -0.4 is 20.2 Å². The minimum Gasteiger partial charge on any atom is -0.493 e. The Kier molecular flexibility index (Phi) is 6.71. The van der Waals surface area contributed by atoms with Gasteiger partial charge in [-0.3, -0.25) is 5.43 Å². The van der Waals surface area contributed by atoms with Crippen LogP contribution >= 0.6 is 12.2 Å². The largest absolute Gasteiger partial charge is 0.493 e. The number of thiocarbonyl (C=S) groups is 1. The fourth-order valence-corrected chi connectivity index (χ4v) is 2.34. The summed E-state index contributed by atoms with van der Waals surface area (Å²) in [7, 11) is 3.19. The Morgan fingerprint density at radius 2 is 1.84 bits per heavy atom. The molecule has 0 spiro atoms. The van der Waals surface area contributed by atoms with E-state index in [1.54, 1.807) is 32.4 Å². The van der Waals surface area contributed by atoms with E-state index >= 15 is 0 Å². The number of benzene rings is 2. The second-order valence-electron chi connectivity index (χ2n) is 5.26. The van der Waals surface area contributed by atoms with Crippen molar-refractivity contribution in [3.63, 3.8) is 0 Å². The smallest absolute Gasteiger partial charge is 0.191 e. The van der Waals surface area contributed by atoms with Crippen molar-refractivity contribution in [1.82, 2.24) is 5.43 Å². The SMILES string of the molecule is COc1ccc(C/C(C)=N\NC(=S)Nc2ccccc2F)cc1OC. The van der Waals surface area contributed by atoms with E-state index in [-0.39, 0.29) is 10.9 Å². The first kappa shape index (κ1) is 18.7. The summed E-state index contributed by atoms with van der Waals surface area (Å²) in [5.74, 6) is 0.962. The van der Waals surface area contributed by atoms with E-state index in [0.717, 1.165) is 11.3 Å². The number of anilines is 1. The van der Waals surface area contributed by atoms with Gasteiger partial charge in [0.05, 0.1) is 19.9 Å². The van der Waals surface area contributed by atoms with Gasteiger partial charge in [-0.1, -0.05) is 18.2 Å². The van der Waals surface area contributed by atoms with Crippen molar-refractivity contribution in [3.05, 3.63) is 53.8 Å². The number of hydrogen-bond donors (Lipinski definition) is 2. The molecule has 0 saturated heterocycles. The first-order chi connectivity index (χ1) is 12.0. The van der Waals surface area contributed by atoms with E-state index in [1.807, 2.05) is 25.1 Å². The minimum absolute atomic E-state index is 0.219. The van der Waals surface area contributed by atoms with Crippen LogP contribution in [-0.4, -0.2) is 25.0 Å². The average Bonchev–Trinajstić information content (AvgIpc) is 2.62. The van der Waals surface area contributed by atoms with Gasteiger partial charge < -0.3 is 14.8 Å². The maximum Gasteiger partial charge on any atom is 0.191 e. The average molecular weight is 361 g/mol. The maximum atomic E-state index is 13.6. The van der Waals surface area contributed by atoms with Gasteiger partial charge in [-0.25, -0.2) is 4.39 Å². The van der Waals surface area contributed by atoms with Crippen LogP contribution in [0, 0.1) is 5.82 Å². The molecular formula is C18H20FN3O2S. The summed E-state index contributed by atoms with van der Waals surface area (Å²) in [6, 6.07) is 12.0. The third-order valence-electron chi connectivity index (χ3n) is 3.38. The van der Waals surface area contributed by atoms with Crippen molar-refractivity contribution in [2.45, 2.75) is 13.3 Å². The molecule has 5 nitrogen and oxygen atoms in total. The second kappa shape index (κ2) is 8.98. The van der Waals surface area contributed by atoms with Crippen LogP contribution in [-0.2, 0) is 6.42 Å². The molecule has 0 aliphatic heterocycles. The molecule has 0 atom stereocenters. The number of hydrazone groups is 1. The molecule has 0 aromatic heterocycles. The predicted octanol–water partition coefficient (Wildman–Crippen LogP) is 3.75. The molecule has 0 bridgehead atoms. The molecule has 0 radical (unpaired) electrons. The highest BCUT2D eigenvalue weighted by molar-refractivity contribution is 7.80. The van der Waals surface area contributed by atoms with Crippen molar-refractivity contribution in [2.75, 3.05) is 19.5 Å². The molecule has 0 saturated carbocycles. The van der Waals surface area contributed by atoms with E-state index in [4.69, 9.17) is 21.7 Å². The summed E-state index contributed by atoms with van der Waals surface area (Å²) in [5, 5.41) is 7.20. The summed E-state index contributed by atoms with van der Waals surface area (Å²) < 4.78 is 24.1. The Labute approximate surface area is 151 Å². The van der Waals surface area contributed by atoms with Crippen molar-refractivity contribution in [1.29, 1.82) is 0 Å². The highest BCUT2D eigenvalue weighted by Gasteiger charge is 2.06. The van der Waals surface area contributed by atoms with E-state index in [0.29, 0.717) is 23.6 Å². The molecule has 0 aliphatic rings. The predicted molar refractivity (Wildman–Crippen MR) is 102 cm³/mol. The summed E-state index contributed by atoms with van der Waals surface area (Å²) in [6.45, 7) is 1.87. The summed E-state index contributed by atoms with van der Waals surface area (Å²) in [4.78, 5) is 0. The Hall–Kier alpha value is -2.67. The molecule has 2 rings (SSSR count). The normalized spacial score (nSPS) is 11.0. The fraction of sp³-hybridized carbons (Fsp3) is 0.222. The minimum atomic E-state index is -0.377. The number of ether oxygens (including phenoxy) is 2. The van der Waals surface area contributed by atoms with Crippen molar-refractivity contribution < 1.29 is 13.9 Å². The molecule has 0 unspecified atom stereocenters. The lowest BCUT2D eigenvalue weighted by Crippen LogP contribution is -2.25. The van der Waals surface area contributed by atoms with E-state index in [1.165, 1.54) is 6.07 Å². The molecule has 0 aliphatic carbocycles. The molecule has 0 amide bonds. The number of hydrogen-bond acceptors (Lipinski definition) is 4. The third-order valence-corrected chi connectivity index (χ3v) is 3.57. The number of halogens is 1. The van der Waals surface area contributed by atoms with Gasteiger partial charge in [0.15, 0.2) is 16.6 Å². The molecular weight excluding hydrogens is 341 g/mol. The van der Waals surface area contributed by atoms with Crippen LogP contribution in [0.3, 0.4) is 0 Å². The highest BCUT2D eigenvalue weighted by Crippen LogP contribution is 2.27. The van der Waals surface area contributed by atoms with Crippen LogP contribution in [0.15, 0.2) is 47.6 Å². The standard InChI is InChI=1S/C18H20FN3O2S/c1-12(10-13-8-9-16(23-2)17(11-13)24-3)21-22-18(25)20-15-7-5-4-6-14(15)19/h4-9,11H,10H2,1-3H3,(H2,20,22,25)/b21-12-. The van der Waals surface area contributed by atoms with Gasteiger partial charge in [0.25, 0.3) is 0 Å². The second-order valence-corrected chi connectivity index (χ2v) is 5.67. The van der Waals surface area contributed by atoms with Gasteiger partial charge in [0.2, 0.25) is 0 Å². The first-order valence-electron chi connectivity index (χ1n) is 7.59. The molecule has 2 aromatic carbocycles. The van der Waals surface area contributed by atoms with E-state index < -0.39 is 0 Å². The summed E-state index contributed by atoms with van der Waals surface area (Å²) in [6.07, 6.45) is 0.607. The van der Waals surface area contributed by atoms with Crippen LogP contribution in [0.25, 0.3) is 0 Å². The van der Waals surface area contributed by atoms with E-state index in [9.17, 15) is 4.39 Å². The zero-order valence-electron chi connectivity index (χ0n) is 14.3. The Morgan fingerprint density at radius 1 is 1.12 bits per heavy atom. The van der Waals surface area contributed by atoms with Crippen LogP contribution in [0.4, 0.5) is 10.1 Å². The van der Waals surface area contributed by atoms with Gasteiger partial charge in [-0.05, 0) is 49.0 Å². The van der Waals surface area contributed by atoms with Crippen molar-refractivity contribution in [2.24, 2.45) is 5.10 Å². The molecule has 25 heavy (non-hydrogen) atoms. The zero-order valence-corrected chi connectivity index (χ0v) is 15.1. The molecule has 7 heteroatoms. The molecule has 132 valence electrons. The Bertz CT molecular complexity index is 781. The number of nitrogens with zero attached hydrogens (tertiary/aromatic N) is 1. The van der Waals surface area contributed by atoms with Gasteiger partial charge in [-0.15, -0.1) is 0 Å². The van der Waals surface area contributed by atoms with Gasteiger partial charge in [0, 0.05) is 12.1 Å². The zero-order chi connectivity index (χ0) is 18.2. The number of para-hydroxylation sites is 1. The molecule has 2 N–H and O–H groups in total. The number of nitrogens with one attached hydrogen (secondary N) is 2. The van der Waals surface area contributed by atoms with Crippen LogP contribution in [0.2, 0.25) is 0 Å². The maximum absolute atomic E-state index is 13.6. The van der Waals surface area contributed by atoms with Crippen LogP contribution in [0.5, 0.6) is 11.5 Å². The highest BCUT2D eigenvalue weighted by atomic mass is 32.1. The summed E-state index contributed by atoms with van der Waals surface area (Å²) >= 11 is 5.12. The first-order valence-corrected chi connectivity index (χ1v) is 8.00. The van der Waals surface area contributed by atoms with Gasteiger partial charge >= 0.3 is 0 Å². The molecule has 0 fully saturated rings. The van der Waals surface area contributed by atoms with Crippen molar-refractivity contribution in [3.8, 4) is 11.5 Å². The quantitative estimate of drug-likeness (QED) is 0.466. The van der Waals surface area contributed by atoms with E-state index in [2.05, 4.69) is 15.8 Å². The fourth-order valence-electron chi connectivity index (χ4n) is 2.18. The molecule has 0 heterocycles. The Balaban J connectivity index is 1.95. The lowest BCUT2D eigenvalue weighted by molar-refractivity contribution is 0.354. The lowest BCUT2D eigenvalue weighted by atomic mass is 10.1. The Morgan fingerprint density at radius 3 is 2.52 bits per heavy atom. The summed E-state index contributed by atoms with van der Waals surface area (Å²) in [5.41, 5.74) is 4.85. The number of methoxy groups -OCH3 is 2. The molecule has 2 aromatic rings. The monoisotopic (exact) mass is 361 g/mol. The topological polar surface area (TPSA) is 54.9 Å². The van der Waals surface area contributed by atoms with Gasteiger partial charge in [0.1, 0.15) is 5.82 Å². The van der Waals surface area contributed by atoms with Crippen molar-refractivity contribution >= 4 is 28.7 Å². The van der Waals surface area contributed by atoms with Crippen LogP contribution in [0.1, 0.15) is 12.5 Å². The lowest BCUT2D eigenvalue weighted by Gasteiger charge is -2.10. The van der Waals surface area contributed by atoms with Gasteiger partial charge in [-0.2, -0.15) is 5.10 Å². The third kappa shape index (κ3) is 5.42.